The van der Waals surface area contributed by atoms with Crippen LogP contribution in [0.2, 0.25) is 0 Å². The standard InChI is InChI=1S/C18H20N6O/c1-12-2-7-17(25)24(23-12)14-5-3-13(4-6-14)22-18-15-8-9-19-10-16(15)20-11-21-18/h2,7-11,13-14H,3-6H2,1H3,(H,20,21,22). The van der Waals surface area contributed by atoms with Crippen molar-refractivity contribution >= 4 is 16.7 Å². The molecule has 0 spiro atoms. The molecule has 1 aliphatic carbocycles. The SMILES string of the molecule is Cc1ccc(=O)n(C2CCC(Nc3ncnc4cnccc34)CC2)n1. The number of hydrogen-bond donors (Lipinski definition) is 1. The maximum atomic E-state index is 12.1. The van der Waals surface area contributed by atoms with Crippen molar-refractivity contribution < 1.29 is 0 Å². The Balaban J connectivity index is 1.47. The van der Waals surface area contributed by atoms with Gasteiger partial charge in [0.15, 0.2) is 0 Å². The van der Waals surface area contributed by atoms with Crippen LogP contribution in [-0.2, 0) is 0 Å². The topological polar surface area (TPSA) is 85.6 Å². The van der Waals surface area contributed by atoms with Crippen LogP contribution in [0.1, 0.15) is 37.4 Å². The van der Waals surface area contributed by atoms with Gasteiger partial charge in [-0.15, -0.1) is 0 Å². The smallest absolute Gasteiger partial charge is 0.267 e. The fourth-order valence-corrected chi connectivity index (χ4v) is 3.46. The number of nitrogens with one attached hydrogen (secondary N) is 1. The van der Waals surface area contributed by atoms with Crippen LogP contribution in [0, 0.1) is 6.92 Å². The van der Waals surface area contributed by atoms with Crippen molar-refractivity contribution in [1.29, 1.82) is 0 Å². The monoisotopic (exact) mass is 336 g/mol. The Morgan fingerprint density at radius 1 is 1.12 bits per heavy atom. The summed E-state index contributed by atoms with van der Waals surface area (Å²) in [6.45, 7) is 1.91. The molecule has 128 valence electrons. The minimum atomic E-state index is -0.0173. The Morgan fingerprint density at radius 2 is 1.96 bits per heavy atom. The van der Waals surface area contributed by atoms with E-state index in [0.717, 1.165) is 48.1 Å². The lowest BCUT2D eigenvalue weighted by molar-refractivity contribution is 0.302. The first-order valence-corrected chi connectivity index (χ1v) is 8.58. The van der Waals surface area contributed by atoms with E-state index in [-0.39, 0.29) is 11.6 Å². The largest absolute Gasteiger partial charge is 0.367 e. The third-order valence-electron chi connectivity index (χ3n) is 4.78. The fourth-order valence-electron chi connectivity index (χ4n) is 3.46. The van der Waals surface area contributed by atoms with Gasteiger partial charge in [0.25, 0.3) is 5.56 Å². The zero-order chi connectivity index (χ0) is 17.2. The van der Waals surface area contributed by atoms with Crippen LogP contribution in [0.15, 0.2) is 41.7 Å². The van der Waals surface area contributed by atoms with Crippen LogP contribution >= 0.6 is 0 Å². The molecule has 0 amide bonds. The molecule has 0 saturated heterocycles. The van der Waals surface area contributed by atoms with Crippen molar-refractivity contribution in [3.63, 3.8) is 0 Å². The average Bonchev–Trinajstić information content (AvgIpc) is 2.65. The predicted octanol–water partition coefficient (Wildman–Crippen LogP) is 2.49. The highest BCUT2D eigenvalue weighted by Gasteiger charge is 2.24. The molecule has 7 nitrogen and oxygen atoms in total. The predicted molar refractivity (Wildman–Crippen MR) is 95.5 cm³/mol. The van der Waals surface area contributed by atoms with E-state index in [2.05, 4.69) is 25.4 Å². The first kappa shape index (κ1) is 15.7. The van der Waals surface area contributed by atoms with Crippen LogP contribution < -0.4 is 10.9 Å². The average molecular weight is 336 g/mol. The highest BCUT2D eigenvalue weighted by molar-refractivity contribution is 5.87. The van der Waals surface area contributed by atoms with Crippen molar-refractivity contribution in [2.45, 2.75) is 44.7 Å². The molecule has 0 unspecified atom stereocenters. The number of pyridine rings is 1. The van der Waals surface area contributed by atoms with Crippen LogP contribution in [0.25, 0.3) is 10.9 Å². The Bertz CT molecular complexity index is 940. The number of nitrogens with zero attached hydrogens (tertiary/aromatic N) is 5. The summed E-state index contributed by atoms with van der Waals surface area (Å²) in [5, 5.41) is 8.92. The molecule has 4 rings (SSSR count). The maximum Gasteiger partial charge on any atom is 0.267 e. The zero-order valence-electron chi connectivity index (χ0n) is 14.1. The van der Waals surface area contributed by atoms with Gasteiger partial charge in [0, 0.05) is 23.7 Å². The van der Waals surface area contributed by atoms with E-state index in [1.807, 2.05) is 13.0 Å². The highest BCUT2D eigenvalue weighted by Crippen LogP contribution is 2.29. The first-order valence-electron chi connectivity index (χ1n) is 8.58. The summed E-state index contributed by atoms with van der Waals surface area (Å²) >= 11 is 0. The number of fused-ring (bicyclic) bond motifs is 1. The van der Waals surface area contributed by atoms with Gasteiger partial charge in [0.1, 0.15) is 12.1 Å². The van der Waals surface area contributed by atoms with Gasteiger partial charge in [-0.3, -0.25) is 9.78 Å². The van der Waals surface area contributed by atoms with Crippen molar-refractivity contribution in [1.82, 2.24) is 24.7 Å². The lowest BCUT2D eigenvalue weighted by Gasteiger charge is -2.30. The third-order valence-corrected chi connectivity index (χ3v) is 4.78. The van der Waals surface area contributed by atoms with Gasteiger partial charge in [-0.2, -0.15) is 5.10 Å². The number of aromatic nitrogens is 5. The molecule has 0 radical (unpaired) electrons. The Hall–Kier alpha value is -2.83. The summed E-state index contributed by atoms with van der Waals surface area (Å²) < 4.78 is 1.65. The quantitative estimate of drug-likeness (QED) is 0.791. The van der Waals surface area contributed by atoms with Gasteiger partial charge in [0.2, 0.25) is 0 Å². The second-order valence-corrected chi connectivity index (χ2v) is 6.52. The van der Waals surface area contributed by atoms with E-state index < -0.39 is 0 Å². The third kappa shape index (κ3) is 3.22. The van der Waals surface area contributed by atoms with Crippen molar-refractivity contribution in [2.75, 3.05) is 5.32 Å². The van der Waals surface area contributed by atoms with Gasteiger partial charge < -0.3 is 5.32 Å². The normalized spacial score (nSPS) is 20.5. The lowest BCUT2D eigenvalue weighted by atomic mass is 9.91. The molecule has 1 N–H and O–H groups in total. The molecule has 7 heteroatoms. The molecule has 1 fully saturated rings. The Kier molecular flexibility index (Phi) is 4.13. The van der Waals surface area contributed by atoms with E-state index in [1.54, 1.807) is 35.5 Å². The van der Waals surface area contributed by atoms with Gasteiger partial charge in [-0.25, -0.2) is 14.6 Å². The second-order valence-electron chi connectivity index (χ2n) is 6.52. The summed E-state index contributed by atoms with van der Waals surface area (Å²) in [6, 6.07) is 5.81. The van der Waals surface area contributed by atoms with Gasteiger partial charge in [-0.05, 0) is 44.7 Å². The van der Waals surface area contributed by atoms with E-state index in [4.69, 9.17) is 0 Å². The van der Waals surface area contributed by atoms with Crippen molar-refractivity contribution in [3.05, 3.63) is 53.0 Å². The minimum absolute atomic E-state index is 0.0173. The molecule has 0 aliphatic heterocycles. The number of anilines is 1. The Morgan fingerprint density at radius 3 is 2.80 bits per heavy atom. The maximum absolute atomic E-state index is 12.1. The Labute approximate surface area is 145 Å². The van der Waals surface area contributed by atoms with Gasteiger partial charge in [-0.1, -0.05) is 0 Å². The van der Waals surface area contributed by atoms with Gasteiger partial charge in [0.05, 0.1) is 23.4 Å². The fraction of sp³-hybridized carbons (Fsp3) is 0.389. The van der Waals surface area contributed by atoms with Gasteiger partial charge >= 0.3 is 0 Å². The van der Waals surface area contributed by atoms with Crippen molar-refractivity contribution in [2.24, 2.45) is 0 Å². The summed E-state index contributed by atoms with van der Waals surface area (Å²) in [5.41, 5.74) is 1.70. The van der Waals surface area contributed by atoms with Crippen LogP contribution in [0.5, 0.6) is 0 Å². The first-order chi connectivity index (χ1) is 12.2. The molecule has 3 aromatic heterocycles. The summed E-state index contributed by atoms with van der Waals surface area (Å²) in [7, 11) is 0. The van der Waals surface area contributed by atoms with Crippen molar-refractivity contribution in [3.8, 4) is 0 Å². The molecule has 1 saturated carbocycles. The van der Waals surface area contributed by atoms with E-state index in [0.29, 0.717) is 6.04 Å². The van der Waals surface area contributed by atoms with E-state index in [1.165, 1.54) is 0 Å². The van der Waals surface area contributed by atoms with E-state index >= 15 is 0 Å². The van der Waals surface area contributed by atoms with E-state index in [9.17, 15) is 4.79 Å². The molecule has 0 atom stereocenters. The van der Waals surface area contributed by atoms with Crippen LogP contribution in [0.4, 0.5) is 5.82 Å². The second kappa shape index (κ2) is 6.58. The van der Waals surface area contributed by atoms with Crippen LogP contribution in [-0.4, -0.2) is 30.8 Å². The lowest BCUT2D eigenvalue weighted by Crippen LogP contribution is -2.33. The minimum Gasteiger partial charge on any atom is -0.367 e. The summed E-state index contributed by atoms with van der Waals surface area (Å²) in [5.74, 6) is 0.849. The molecule has 3 heterocycles. The highest BCUT2D eigenvalue weighted by atomic mass is 16.1. The molecule has 1 aliphatic rings. The van der Waals surface area contributed by atoms with Crippen LogP contribution in [0.3, 0.4) is 0 Å². The molecule has 3 aromatic rings. The number of rotatable bonds is 3. The molecular formula is C18H20N6O. The zero-order valence-corrected chi connectivity index (χ0v) is 14.1. The summed E-state index contributed by atoms with van der Waals surface area (Å²) in [6.07, 6.45) is 8.87. The molecule has 0 aromatic carbocycles. The summed E-state index contributed by atoms with van der Waals surface area (Å²) in [4.78, 5) is 24.8. The molecule has 25 heavy (non-hydrogen) atoms. The molecular weight excluding hydrogens is 316 g/mol. The number of hydrogen-bond acceptors (Lipinski definition) is 6. The number of aryl methyl sites for hydroxylation is 1. The molecule has 0 bridgehead atoms.